The van der Waals surface area contributed by atoms with E-state index in [1.165, 1.54) is 17.3 Å². The van der Waals surface area contributed by atoms with Gasteiger partial charge >= 0.3 is 0 Å². The molecule has 0 bridgehead atoms. The molecule has 0 radical (unpaired) electrons. The van der Waals surface area contributed by atoms with E-state index in [1.54, 1.807) is 4.90 Å². The molecular weight excluding hydrogens is 274 g/mol. The first-order chi connectivity index (χ1) is 9.15. The summed E-state index contributed by atoms with van der Waals surface area (Å²) in [5.74, 6) is 0.0384. The van der Waals surface area contributed by atoms with Gasteiger partial charge in [-0.05, 0) is 30.0 Å². The molecule has 0 spiro atoms. The molecule has 0 unspecified atom stereocenters. The van der Waals surface area contributed by atoms with Crippen LogP contribution in [0.25, 0.3) is 6.08 Å². The van der Waals surface area contributed by atoms with Crippen molar-refractivity contribution in [3.05, 3.63) is 40.3 Å². The Morgan fingerprint density at radius 2 is 1.95 bits per heavy atom. The third kappa shape index (κ3) is 3.25. The summed E-state index contributed by atoms with van der Waals surface area (Å²) in [7, 11) is 0. The third-order valence-electron chi connectivity index (χ3n) is 3.01. The molecule has 4 heteroatoms. The molecule has 1 amide bonds. The quantitative estimate of drug-likeness (QED) is 0.620. The number of hydrogen-bond acceptors (Lipinski definition) is 3. The molecule has 1 aromatic rings. The highest BCUT2D eigenvalue weighted by Crippen LogP contribution is 2.32. The molecule has 0 aromatic heterocycles. The van der Waals surface area contributed by atoms with Gasteiger partial charge in [0, 0.05) is 6.54 Å². The van der Waals surface area contributed by atoms with Gasteiger partial charge in [0.1, 0.15) is 4.32 Å². The molecule has 1 aromatic carbocycles. The fourth-order valence-corrected chi connectivity index (χ4v) is 3.23. The molecule has 0 aliphatic carbocycles. The van der Waals surface area contributed by atoms with Crippen molar-refractivity contribution in [1.82, 2.24) is 4.90 Å². The lowest BCUT2D eigenvalue weighted by Gasteiger charge is -2.11. The fourth-order valence-electron chi connectivity index (χ4n) is 1.92. The van der Waals surface area contributed by atoms with Crippen molar-refractivity contribution in [2.45, 2.75) is 26.7 Å². The first kappa shape index (κ1) is 14.3. The Morgan fingerprint density at radius 3 is 2.53 bits per heavy atom. The van der Waals surface area contributed by atoms with Crippen LogP contribution in [0.5, 0.6) is 0 Å². The summed E-state index contributed by atoms with van der Waals surface area (Å²) >= 11 is 6.64. The number of thiocarbonyl (C=S) groups is 1. The summed E-state index contributed by atoms with van der Waals surface area (Å²) in [6.07, 6.45) is 3.87. The predicted octanol–water partition coefficient (Wildman–Crippen LogP) is 3.86. The molecule has 19 heavy (non-hydrogen) atoms. The second-order valence-corrected chi connectivity index (χ2v) is 6.10. The van der Waals surface area contributed by atoms with Gasteiger partial charge in [-0.1, -0.05) is 62.1 Å². The lowest BCUT2D eigenvalue weighted by Crippen LogP contribution is -2.28. The van der Waals surface area contributed by atoms with Crippen LogP contribution in [-0.4, -0.2) is 21.7 Å². The number of hydrogen-bond donors (Lipinski definition) is 0. The van der Waals surface area contributed by atoms with Crippen molar-refractivity contribution in [3.8, 4) is 0 Å². The summed E-state index contributed by atoms with van der Waals surface area (Å²) in [5.41, 5.74) is 2.35. The van der Waals surface area contributed by atoms with E-state index in [1.807, 2.05) is 25.1 Å². The highest BCUT2D eigenvalue weighted by Gasteiger charge is 2.30. The van der Waals surface area contributed by atoms with Crippen molar-refractivity contribution in [1.29, 1.82) is 0 Å². The first-order valence-corrected chi connectivity index (χ1v) is 7.72. The van der Waals surface area contributed by atoms with E-state index in [0.717, 1.165) is 23.3 Å². The minimum atomic E-state index is 0.0384. The lowest BCUT2D eigenvalue weighted by molar-refractivity contribution is -0.122. The van der Waals surface area contributed by atoms with Gasteiger partial charge in [0.25, 0.3) is 5.91 Å². The second kappa shape index (κ2) is 6.35. The largest absolute Gasteiger partial charge is 0.293 e. The highest BCUT2D eigenvalue weighted by molar-refractivity contribution is 8.26. The van der Waals surface area contributed by atoms with Crippen LogP contribution in [0, 0.1) is 0 Å². The standard InChI is InChI=1S/C15H17NOS2/c1-3-9-16-14(17)13(19-15(16)18)10-12-7-5-11(4-2)6-8-12/h5-8,10H,3-4,9H2,1-2H3/b13-10-. The average Bonchev–Trinajstić information content (AvgIpc) is 2.68. The SMILES string of the molecule is CCCN1C(=O)/C(=C/c2ccc(CC)cc2)SC1=S. The van der Waals surface area contributed by atoms with Crippen molar-refractivity contribution >= 4 is 40.3 Å². The molecule has 1 aliphatic rings. The Bertz CT molecular complexity index is 519. The van der Waals surface area contributed by atoms with E-state index < -0.39 is 0 Å². The van der Waals surface area contributed by atoms with Crippen LogP contribution in [0.4, 0.5) is 0 Å². The van der Waals surface area contributed by atoms with E-state index in [-0.39, 0.29) is 5.91 Å². The number of nitrogens with zero attached hydrogens (tertiary/aromatic N) is 1. The van der Waals surface area contributed by atoms with E-state index in [4.69, 9.17) is 12.2 Å². The molecule has 0 saturated carbocycles. The van der Waals surface area contributed by atoms with Gasteiger partial charge in [0.15, 0.2) is 0 Å². The summed E-state index contributed by atoms with van der Waals surface area (Å²) in [6.45, 7) is 4.88. The topological polar surface area (TPSA) is 20.3 Å². The van der Waals surface area contributed by atoms with Gasteiger partial charge in [0.2, 0.25) is 0 Å². The zero-order chi connectivity index (χ0) is 13.8. The second-order valence-electron chi connectivity index (χ2n) is 4.43. The molecule has 1 aliphatic heterocycles. The Hall–Kier alpha value is -1.13. The number of thioether (sulfide) groups is 1. The van der Waals surface area contributed by atoms with Crippen LogP contribution in [0.15, 0.2) is 29.2 Å². The van der Waals surface area contributed by atoms with Gasteiger partial charge in [0.05, 0.1) is 4.91 Å². The van der Waals surface area contributed by atoms with Gasteiger partial charge < -0.3 is 0 Å². The maximum Gasteiger partial charge on any atom is 0.266 e. The van der Waals surface area contributed by atoms with Crippen molar-refractivity contribution < 1.29 is 4.79 Å². The van der Waals surface area contributed by atoms with E-state index in [2.05, 4.69) is 19.1 Å². The molecule has 1 fully saturated rings. The maximum absolute atomic E-state index is 12.2. The van der Waals surface area contributed by atoms with Crippen LogP contribution < -0.4 is 0 Å². The van der Waals surface area contributed by atoms with Crippen molar-refractivity contribution in [2.24, 2.45) is 0 Å². The maximum atomic E-state index is 12.2. The molecule has 2 rings (SSSR count). The minimum absolute atomic E-state index is 0.0384. The molecule has 1 heterocycles. The Labute approximate surface area is 123 Å². The van der Waals surface area contributed by atoms with E-state index >= 15 is 0 Å². The number of carbonyl (C=O) groups is 1. The van der Waals surface area contributed by atoms with Crippen LogP contribution in [-0.2, 0) is 11.2 Å². The Kier molecular flexibility index (Phi) is 4.77. The summed E-state index contributed by atoms with van der Waals surface area (Å²) in [4.78, 5) is 14.6. The van der Waals surface area contributed by atoms with E-state index in [0.29, 0.717) is 10.9 Å². The molecule has 0 atom stereocenters. The Morgan fingerprint density at radius 1 is 1.26 bits per heavy atom. The highest BCUT2D eigenvalue weighted by atomic mass is 32.2. The average molecular weight is 291 g/mol. The number of carbonyl (C=O) groups excluding carboxylic acids is 1. The summed E-state index contributed by atoms with van der Waals surface area (Å²) < 4.78 is 0.670. The smallest absolute Gasteiger partial charge is 0.266 e. The van der Waals surface area contributed by atoms with Gasteiger partial charge in [-0.25, -0.2) is 0 Å². The van der Waals surface area contributed by atoms with Crippen LogP contribution >= 0.6 is 24.0 Å². The zero-order valence-electron chi connectivity index (χ0n) is 11.2. The summed E-state index contributed by atoms with van der Waals surface area (Å²) in [6, 6.07) is 8.29. The molecule has 100 valence electrons. The lowest BCUT2D eigenvalue weighted by atomic mass is 10.1. The first-order valence-electron chi connectivity index (χ1n) is 6.50. The van der Waals surface area contributed by atoms with Gasteiger partial charge in [-0.3, -0.25) is 9.69 Å². The van der Waals surface area contributed by atoms with Crippen LogP contribution in [0.3, 0.4) is 0 Å². The minimum Gasteiger partial charge on any atom is -0.293 e. The molecule has 2 nitrogen and oxygen atoms in total. The zero-order valence-corrected chi connectivity index (χ0v) is 12.8. The monoisotopic (exact) mass is 291 g/mol. The predicted molar refractivity (Wildman–Crippen MR) is 86.0 cm³/mol. The molecular formula is C15H17NOS2. The number of amides is 1. The molecule has 1 saturated heterocycles. The van der Waals surface area contributed by atoms with Crippen molar-refractivity contribution in [3.63, 3.8) is 0 Å². The van der Waals surface area contributed by atoms with E-state index in [9.17, 15) is 4.79 Å². The third-order valence-corrected chi connectivity index (χ3v) is 4.38. The normalized spacial score (nSPS) is 17.6. The number of rotatable bonds is 4. The van der Waals surface area contributed by atoms with Gasteiger partial charge in [-0.2, -0.15) is 0 Å². The molecule has 0 N–H and O–H groups in total. The number of benzene rings is 1. The van der Waals surface area contributed by atoms with Gasteiger partial charge in [-0.15, -0.1) is 0 Å². The van der Waals surface area contributed by atoms with Crippen LogP contribution in [0.2, 0.25) is 0 Å². The van der Waals surface area contributed by atoms with Crippen molar-refractivity contribution in [2.75, 3.05) is 6.54 Å². The van der Waals surface area contributed by atoms with Crippen LogP contribution in [0.1, 0.15) is 31.4 Å². The Balaban J connectivity index is 2.19. The summed E-state index contributed by atoms with van der Waals surface area (Å²) in [5, 5.41) is 0. The number of aryl methyl sites for hydroxylation is 1. The fraction of sp³-hybridized carbons (Fsp3) is 0.333.